The Labute approximate surface area is 145 Å². The average Bonchev–Trinajstić information content (AvgIpc) is 2.95. The summed E-state index contributed by atoms with van der Waals surface area (Å²) in [6.07, 6.45) is 7.58. The topological polar surface area (TPSA) is 47.2 Å². The monoisotopic (exact) mass is 387 g/mol. The van der Waals surface area contributed by atoms with Crippen LogP contribution in [0.2, 0.25) is 0 Å². The fourth-order valence-corrected chi connectivity index (χ4v) is 4.53. The van der Waals surface area contributed by atoms with Crippen LogP contribution in [0.3, 0.4) is 0 Å². The highest BCUT2D eigenvalue weighted by molar-refractivity contribution is 9.10. The fourth-order valence-electron chi connectivity index (χ4n) is 2.92. The zero-order chi connectivity index (χ0) is 15.8. The van der Waals surface area contributed by atoms with Crippen LogP contribution < -0.4 is 5.56 Å². The van der Waals surface area contributed by atoms with E-state index in [0.717, 1.165) is 39.5 Å². The molecule has 23 heavy (non-hydrogen) atoms. The molecule has 1 aliphatic rings. The van der Waals surface area contributed by atoms with Gasteiger partial charge in [0.1, 0.15) is 11.2 Å². The Morgan fingerprint density at radius 3 is 2.96 bits per heavy atom. The van der Waals surface area contributed by atoms with Crippen molar-refractivity contribution >= 4 is 43.7 Å². The van der Waals surface area contributed by atoms with Gasteiger partial charge in [-0.05, 0) is 37.3 Å². The molecule has 4 nitrogen and oxygen atoms in total. The highest BCUT2D eigenvalue weighted by atomic mass is 79.9. The van der Waals surface area contributed by atoms with Gasteiger partial charge in [-0.25, -0.2) is 4.98 Å². The van der Waals surface area contributed by atoms with E-state index in [1.165, 1.54) is 27.9 Å². The number of halogens is 1. The first-order chi connectivity index (χ1) is 11.2. The SMILES string of the molecule is O=c1c2c3c(sc2ncn1/N=C\c1ccccc1Br)CCCC3. The van der Waals surface area contributed by atoms with Crippen molar-refractivity contribution < 1.29 is 0 Å². The maximum Gasteiger partial charge on any atom is 0.282 e. The van der Waals surface area contributed by atoms with Gasteiger partial charge < -0.3 is 0 Å². The lowest BCUT2D eigenvalue weighted by Crippen LogP contribution is -2.18. The Morgan fingerprint density at radius 1 is 1.26 bits per heavy atom. The molecule has 0 saturated heterocycles. The Bertz CT molecular complexity index is 974. The number of aryl methyl sites for hydroxylation is 2. The highest BCUT2D eigenvalue weighted by Crippen LogP contribution is 2.33. The van der Waals surface area contributed by atoms with Gasteiger partial charge in [0.15, 0.2) is 0 Å². The lowest BCUT2D eigenvalue weighted by molar-refractivity contribution is 0.699. The lowest BCUT2D eigenvalue weighted by Gasteiger charge is -2.09. The molecule has 0 aliphatic heterocycles. The summed E-state index contributed by atoms with van der Waals surface area (Å²) in [5.41, 5.74) is 2.05. The van der Waals surface area contributed by atoms with Crippen LogP contribution in [0.1, 0.15) is 28.8 Å². The van der Waals surface area contributed by atoms with Crippen molar-refractivity contribution in [2.75, 3.05) is 0 Å². The summed E-state index contributed by atoms with van der Waals surface area (Å²) >= 11 is 5.13. The summed E-state index contributed by atoms with van der Waals surface area (Å²) < 4.78 is 2.28. The number of rotatable bonds is 2. The molecule has 0 fully saturated rings. The molecule has 2 heterocycles. The molecule has 0 bridgehead atoms. The predicted octanol–water partition coefficient (Wildman–Crippen LogP) is 3.98. The standard InChI is InChI=1S/C17H14BrN3OS/c18-13-7-3-1-5-11(13)9-20-21-10-19-16-15(17(21)22)12-6-2-4-8-14(12)23-16/h1,3,5,7,9-10H,2,4,6,8H2/b20-9-. The molecule has 0 atom stereocenters. The minimum atomic E-state index is -0.0716. The van der Waals surface area contributed by atoms with Crippen molar-refractivity contribution in [1.29, 1.82) is 0 Å². The van der Waals surface area contributed by atoms with Crippen molar-refractivity contribution in [2.24, 2.45) is 5.10 Å². The smallest absolute Gasteiger partial charge is 0.267 e. The van der Waals surface area contributed by atoms with Crippen molar-refractivity contribution in [3.63, 3.8) is 0 Å². The van der Waals surface area contributed by atoms with Crippen LogP contribution in [0.5, 0.6) is 0 Å². The molecule has 6 heteroatoms. The summed E-state index contributed by atoms with van der Waals surface area (Å²) in [5, 5.41) is 5.07. The van der Waals surface area contributed by atoms with E-state index in [-0.39, 0.29) is 5.56 Å². The second-order valence-corrected chi connectivity index (χ2v) is 7.49. The minimum absolute atomic E-state index is 0.0716. The molecular formula is C17H14BrN3OS. The number of fused-ring (bicyclic) bond motifs is 3. The maximum atomic E-state index is 12.8. The van der Waals surface area contributed by atoms with Crippen LogP contribution in [-0.2, 0) is 12.8 Å². The van der Waals surface area contributed by atoms with Gasteiger partial charge in [0.2, 0.25) is 0 Å². The van der Waals surface area contributed by atoms with Gasteiger partial charge in [0, 0.05) is 14.9 Å². The number of nitrogens with zero attached hydrogens (tertiary/aromatic N) is 3. The van der Waals surface area contributed by atoms with Gasteiger partial charge in [-0.2, -0.15) is 9.78 Å². The normalized spacial score (nSPS) is 14.5. The molecular weight excluding hydrogens is 374 g/mol. The highest BCUT2D eigenvalue weighted by Gasteiger charge is 2.19. The Hall–Kier alpha value is -1.79. The Morgan fingerprint density at radius 2 is 2.09 bits per heavy atom. The summed E-state index contributed by atoms with van der Waals surface area (Å²) in [7, 11) is 0. The van der Waals surface area contributed by atoms with E-state index in [1.54, 1.807) is 17.6 Å². The first-order valence-corrected chi connectivity index (χ1v) is 9.16. The summed E-state index contributed by atoms with van der Waals surface area (Å²) in [4.78, 5) is 19.4. The van der Waals surface area contributed by atoms with Crippen LogP contribution in [0.25, 0.3) is 10.2 Å². The molecule has 2 aromatic heterocycles. The van der Waals surface area contributed by atoms with Crippen LogP contribution in [0.15, 0.2) is 45.0 Å². The number of benzene rings is 1. The maximum absolute atomic E-state index is 12.8. The molecule has 0 spiro atoms. The van der Waals surface area contributed by atoms with Crippen molar-refractivity contribution in [3.05, 3.63) is 61.4 Å². The van der Waals surface area contributed by atoms with E-state index in [4.69, 9.17) is 0 Å². The average molecular weight is 388 g/mol. The summed E-state index contributed by atoms with van der Waals surface area (Å²) in [5.74, 6) is 0. The largest absolute Gasteiger partial charge is 0.282 e. The van der Waals surface area contributed by atoms with E-state index in [0.29, 0.717) is 0 Å². The second-order valence-electron chi connectivity index (χ2n) is 5.55. The molecule has 1 aromatic carbocycles. The van der Waals surface area contributed by atoms with Gasteiger partial charge in [-0.15, -0.1) is 11.3 Å². The van der Waals surface area contributed by atoms with Crippen LogP contribution in [0, 0.1) is 0 Å². The van der Waals surface area contributed by atoms with Gasteiger partial charge in [-0.3, -0.25) is 4.79 Å². The Kier molecular flexibility index (Phi) is 3.87. The van der Waals surface area contributed by atoms with Gasteiger partial charge in [-0.1, -0.05) is 34.1 Å². The number of hydrogen-bond donors (Lipinski definition) is 0. The molecule has 4 rings (SSSR count). The zero-order valence-corrected chi connectivity index (χ0v) is 14.7. The second kappa shape index (κ2) is 6.02. The first kappa shape index (κ1) is 14.8. The molecule has 0 unspecified atom stereocenters. The van der Waals surface area contributed by atoms with E-state index in [2.05, 4.69) is 26.0 Å². The predicted molar refractivity (Wildman–Crippen MR) is 97.7 cm³/mol. The number of aromatic nitrogens is 2. The van der Waals surface area contributed by atoms with Gasteiger partial charge in [0.25, 0.3) is 5.56 Å². The molecule has 116 valence electrons. The fraction of sp³-hybridized carbons (Fsp3) is 0.235. The van der Waals surface area contributed by atoms with E-state index in [1.807, 2.05) is 24.3 Å². The number of hydrogen-bond acceptors (Lipinski definition) is 4. The molecule has 0 saturated carbocycles. The van der Waals surface area contributed by atoms with E-state index >= 15 is 0 Å². The summed E-state index contributed by atoms with van der Waals surface area (Å²) in [6.45, 7) is 0. The Balaban J connectivity index is 1.81. The summed E-state index contributed by atoms with van der Waals surface area (Å²) in [6, 6.07) is 7.77. The quantitative estimate of drug-likeness (QED) is 0.624. The third kappa shape index (κ3) is 2.66. The van der Waals surface area contributed by atoms with Crippen LogP contribution in [-0.4, -0.2) is 15.9 Å². The van der Waals surface area contributed by atoms with Gasteiger partial charge in [0.05, 0.1) is 11.6 Å². The van der Waals surface area contributed by atoms with Crippen LogP contribution >= 0.6 is 27.3 Å². The van der Waals surface area contributed by atoms with Crippen molar-refractivity contribution in [3.8, 4) is 0 Å². The molecule has 3 aromatic rings. The minimum Gasteiger partial charge on any atom is -0.267 e. The number of thiophene rings is 1. The van der Waals surface area contributed by atoms with Gasteiger partial charge >= 0.3 is 0 Å². The zero-order valence-electron chi connectivity index (χ0n) is 12.3. The van der Waals surface area contributed by atoms with Crippen molar-refractivity contribution in [1.82, 2.24) is 9.66 Å². The molecule has 0 amide bonds. The van der Waals surface area contributed by atoms with E-state index < -0.39 is 0 Å². The third-order valence-corrected chi connectivity index (χ3v) is 6.01. The third-order valence-electron chi connectivity index (χ3n) is 4.09. The van der Waals surface area contributed by atoms with E-state index in [9.17, 15) is 4.79 Å². The molecule has 0 radical (unpaired) electrons. The van der Waals surface area contributed by atoms with Crippen molar-refractivity contribution in [2.45, 2.75) is 25.7 Å². The lowest BCUT2D eigenvalue weighted by atomic mass is 9.97. The molecule has 1 aliphatic carbocycles. The first-order valence-electron chi connectivity index (χ1n) is 7.55. The van der Waals surface area contributed by atoms with Crippen LogP contribution in [0.4, 0.5) is 0 Å². The molecule has 0 N–H and O–H groups in total.